The molecule has 3 aliphatic rings. The Morgan fingerprint density at radius 2 is 1.50 bits per heavy atom. The van der Waals surface area contributed by atoms with Crippen molar-refractivity contribution < 1.29 is 92.4 Å². The van der Waals surface area contributed by atoms with E-state index in [2.05, 4.69) is 25.0 Å². The summed E-state index contributed by atoms with van der Waals surface area (Å²) >= 11 is 0. The fraction of sp³-hybridized carbons (Fsp3) is 0.538. The number of halogens is 2. The minimum atomic E-state index is -2.54. The molecule has 0 spiro atoms. The lowest BCUT2D eigenvalue weighted by Gasteiger charge is -2.42. The van der Waals surface area contributed by atoms with Gasteiger partial charge in [0.05, 0.1) is 44.7 Å². The third-order valence-corrected chi connectivity index (χ3v) is 14.4. The smallest absolute Gasteiger partial charge is 0.493 e. The Kier molecular flexibility index (Phi) is 19.5. The van der Waals surface area contributed by atoms with E-state index in [0.29, 0.717) is 31.1 Å². The van der Waals surface area contributed by atoms with Crippen molar-refractivity contribution in [2.75, 3.05) is 62.4 Å². The van der Waals surface area contributed by atoms with E-state index in [0.717, 1.165) is 55.2 Å². The highest BCUT2D eigenvalue weighted by Gasteiger charge is 2.48. The zero-order valence-electron chi connectivity index (χ0n) is 43.9. The summed E-state index contributed by atoms with van der Waals surface area (Å²) in [6.07, 6.45) is -17.4. The van der Waals surface area contributed by atoms with Crippen molar-refractivity contribution in [3.05, 3.63) is 113 Å². The number of carbonyl (C=O) groups excluding carboxylic acids is 2. The van der Waals surface area contributed by atoms with Crippen molar-refractivity contribution in [1.82, 2.24) is 29.1 Å². The van der Waals surface area contributed by atoms with Crippen LogP contribution in [0.25, 0.3) is 5.69 Å². The van der Waals surface area contributed by atoms with E-state index in [4.69, 9.17) is 33.2 Å². The van der Waals surface area contributed by atoms with Gasteiger partial charge < -0.3 is 83.8 Å². The van der Waals surface area contributed by atoms with Gasteiger partial charge in [0.15, 0.2) is 12.4 Å². The molecule has 26 nitrogen and oxygen atoms in total. The Balaban J connectivity index is 0.785. The number of aromatic nitrogens is 6. The fourth-order valence-electron chi connectivity index (χ4n) is 10.0. The van der Waals surface area contributed by atoms with Gasteiger partial charge in [0, 0.05) is 62.0 Å². The van der Waals surface area contributed by atoms with Gasteiger partial charge in [0.1, 0.15) is 90.8 Å². The van der Waals surface area contributed by atoms with E-state index >= 15 is 4.39 Å². The van der Waals surface area contributed by atoms with Crippen LogP contribution in [0.2, 0.25) is 0 Å². The predicted octanol–water partition coefficient (Wildman–Crippen LogP) is -0.117. The van der Waals surface area contributed by atoms with E-state index in [1.807, 2.05) is 36.4 Å². The molecule has 5 heterocycles. The number of nitrogens with zero attached hydrogens (tertiary/aromatic N) is 8. The molecule has 0 saturated carbocycles. The topological polar surface area (TPSA) is 338 Å². The third kappa shape index (κ3) is 13.5. The molecule has 0 aliphatic carbocycles. The Morgan fingerprint density at radius 3 is 2.11 bits per heavy atom. The van der Waals surface area contributed by atoms with E-state index < -0.39 is 122 Å². The first-order valence-corrected chi connectivity index (χ1v) is 25.9. The van der Waals surface area contributed by atoms with Crippen LogP contribution in [-0.2, 0) is 45.4 Å². The van der Waals surface area contributed by atoms with Gasteiger partial charge in [-0.2, -0.15) is 10.2 Å². The first kappa shape index (κ1) is 59.4. The van der Waals surface area contributed by atoms with Crippen LogP contribution in [0.3, 0.4) is 0 Å². The van der Waals surface area contributed by atoms with Crippen LogP contribution in [-0.4, -0.2) is 202 Å². The van der Waals surface area contributed by atoms with Gasteiger partial charge in [-0.1, -0.05) is 13.0 Å². The Hall–Kier alpha value is -6.70. The van der Waals surface area contributed by atoms with Crippen LogP contribution in [0, 0.1) is 17.6 Å². The Labute approximate surface area is 456 Å². The predicted molar refractivity (Wildman–Crippen MR) is 272 cm³/mol. The third-order valence-electron chi connectivity index (χ3n) is 14.4. The molecule has 1 unspecified atom stereocenters. The fourth-order valence-corrected chi connectivity index (χ4v) is 10.0. The standard InChI is InChI=1S/C52H66F2N8O18/c1-4-39(29(2)76-51(73)78-30(3)77-48(71)45(69)44(68)47(40(65)21-63)80-49-46(70)43(67)42(66)41(22-64)79-49)62-50(72)61(28-57-62)35-8-6-33(7-9-35)58-15-17-59(18-16-58)34-10-12-36(13-11-34)74-23-31-20-52(75-24-31,25-60-27-55-26-56-60)37-14-5-32(53)19-38(37)54/h5-14,19,26-31,39-47,49,63-70H,4,15-18,20-25H2,1-3H3/t29-,30?,31+,39-,40+,41+,42-,43-,44+,45+,46+,47+,49-,52-/m0/s1. The van der Waals surface area contributed by atoms with Crippen molar-refractivity contribution in [3.8, 4) is 11.4 Å². The molecule has 8 rings (SSSR count). The highest BCUT2D eigenvalue weighted by molar-refractivity contribution is 5.75. The molecule has 0 radical (unpaired) electrons. The van der Waals surface area contributed by atoms with Crippen LogP contribution in [0.1, 0.15) is 45.2 Å². The largest absolute Gasteiger partial charge is 0.511 e. The number of hydrogen-bond acceptors (Lipinski definition) is 23. The van der Waals surface area contributed by atoms with Gasteiger partial charge in [0.25, 0.3) is 0 Å². The molecular formula is C52H66F2N8O18. The van der Waals surface area contributed by atoms with Crippen LogP contribution in [0.4, 0.5) is 25.0 Å². The summed E-state index contributed by atoms with van der Waals surface area (Å²) in [6.45, 7) is 6.09. The second-order valence-electron chi connectivity index (χ2n) is 19.8. The minimum absolute atomic E-state index is 0.0764. The molecule has 28 heteroatoms. The van der Waals surface area contributed by atoms with E-state index in [1.165, 1.54) is 42.6 Å². The molecule has 0 amide bonds. The maximum atomic E-state index is 15.1. The molecule has 3 fully saturated rings. The molecule has 14 atom stereocenters. The lowest BCUT2D eigenvalue weighted by Crippen LogP contribution is -2.61. The molecule has 436 valence electrons. The summed E-state index contributed by atoms with van der Waals surface area (Å²) in [5, 5.41) is 89.6. The highest BCUT2D eigenvalue weighted by Crippen LogP contribution is 2.42. The average Bonchev–Trinajstić information content (AvgIpc) is 4.26. The quantitative estimate of drug-likeness (QED) is 0.0312. The molecule has 3 aliphatic heterocycles. The van der Waals surface area contributed by atoms with Crippen LogP contribution in [0.15, 0.2) is 90.5 Å². The number of benzene rings is 3. The summed E-state index contributed by atoms with van der Waals surface area (Å²) in [6, 6.07) is 17.9. The Bertz CT molecular complexity index is 2860. The van der Waals surface area contributed by atoms with Crippen molar-refractivity contribution in [2.24, 2.45) is 5.92 Å². The summed E-state index contributed by atoms with van der Waals surface area (Å²) < 4.78 is 71.3. The SMILES string of the molecule is CC[C@@H]([C@H](C)OC(=O)OC(C)OC(=O)[C@H](O)[C@@H](O)[C@H](O[C@@H]1O[C@H](CO)[C@H](O)[C@H](O)[C@H]1O)[C@H](O)CO)n1ncn(-c2ccc(N3CCN(c4ccc(OC[C@@H]5CO[C@@](Cn6cncn6)(c6ccc(F)cc6F)C5)cc4)CC3)cc2)c1=O. The van der Waals surface area contributed by atoms with Gasteiger partial charge in [-0.25, -0.2) is 42.1 Å². The maximum Gasteiger partial charge on any atom is 0.511 e. The highest BCUT2D eigenvalue weighted by atomic mass is 19.1. The normalized spacial score (nSPS) is 25.0. The summed E-state index contributed by atoms with van der Waals surface area (Å²) in [5.74, 6) is -2.37. The number of anilines is 2. The van der Waals surface area contributed by atoms with E-state index in [1.54, 1.807) is 23.7 Å². The molecular weight excluding hydrogens is 1060 g/mol. The van der Waals surface area contributed by atoms with E-state index in [-0.39, 0.29) is 24.4 Å². The lowest BCUT2D eigenvalue weighted by atomic mass is 9.87. The van der Waals surface area contributed by atoms with Crippen molar-refractivity contribution >= 4 is 23.5 Å². The number of piperazine rings is 1. The zero-order chi connectivity index (χ0) is 57.4. The molecule has 3 aromatic carbocycles. The molecule has 80 heavy (non-hydrogen) atoms. The molecule has 3 saturated heterocycles. The first-order chi connectivity index (χ1) is 38.3. The number of aliphatic hydroxyl groups excluding tert-OH is 8. The van der Waals surface area contributed by atoms with Crippen LogP contribution < -0.4 is 20.2 Å². The second kappa shape index (κ2) is 26.3. The van der Waals surface area contributed by atoms with Crippen molar-refractivity contribution in [1.29, 1.82) is 0 Å². The molecule has 0 bridgehead atoms. The number of esters is 1. The molecule has 2 aromatic heterocycles. The van der Waals surface area contributed by atoms with Gasteiger partial charge in [-0.05, 0) is 74.4 Å². The lowest BCUT2D eigenvalue weighted by molar-refractivity contribution is -0.327. The Morgan fingerprint density at radius 1 is 0.838 bits per heavy atom. The number of aliphatic hydroxyl groups is 8. The first-order valence-electron chi connectivity index (χ1n) is 25.9. The van der Waals surface area contributed by atoms with Crippen LogP contribution in [0.5, 0.6) is 5.75 Å². The number of ether oxygens (including phenoxy) is 7. The summed E-state index contributed by atoms with van der Waals surface area (Å²) in [5.41, 5.74) is 1.15. The number of hydrogen-bond donors (Lipinski definition) is 8. The van der Waals surface area contributed by atoms with Gasteiger partial charge in [-0.15, -0.1) is 0 Å². The second-order valence-corrected chi connectivity index (χ2v) is 19.8. The maximum absolute atomic E-state index is 15.1. The monoisotopic (exact) mass is 1130 g/mol. The summed E-state index contributed by atoms with van der Waals surface area (Å²) in [7, 11) is 0. The van der Waals surface area contributed by atoms with E-state index in [9.17, 15) is 59.6 Å². The zero-order valence-corrected chi connectivity index (χ0v) is 43.9. The van der Waals surface area contributed by atoms with Crippen molar-refractivity contribution in [3.63, 3.8) is 0 Å². The number of carbonyl (C=O) groups is 2. The molecule has 5 aromatic rings. The molecule has 8 N–H and O–H groups in total. The van der Waals surface area contributed by atoms with Gasteiger partial charge >= 0.3 is 17.8 Å². The number of rotatable bonds is 23. The summed E-state index contributed by atoms with van der Waals surface area (Å²) in [4.78, 5) is 47.9. The van der Waals surface area contributed by atoms with Crippen LogP contribution >= 0.6 is 0 Å². The average molecular weight is 1130 g/mol. The van der Waals surface area contributed by atoms with Gasteiger partial charge in [-0.3, -0.25) is 0 Å². The minimum Gasteiger partial charge on any atom is -0.493 e. The van der Waals surface area contributed by atoms with Gasteiger partial charge in [0.2, 0.25) is 6.29 Å². The van der Waals surface area contributed by atoms with Crippen molar-refractivity contribution in [2.45, 2.75) is 119 Å².